The van der Waals surface area contributed by atoms with Crippen molar-refractivity contribution >= 4 is 11.9 Å². The molecule has 0 bridgehead atoms. The van der Waals surface area contributed by atoms with E-state index in [1.807, 2.05) is 30.3 Å². The predicted octanol–water partition coefficient (Wildman–Crippen LogP) is 4.74. The number of amides is 1. The molecule has 4 rings (SSSR count). The van der Waals surface area contributed by atoms with Crippen LogP contribution in [-0.2, 0) is 4.74 Å². The molecule has 0 atom stereocenters. The van der Waals surface area contributed by atoms with Gasteiger partial charge < -0.3 is 4.74 Å². The molecule has 5 nitrogen and oxygen atoms in total. The van der Waals surface area contributed by atoms with Gasteiger partial charge in [0.1, 0.15) is 18.1 Å². The summed E-state index contributed by atoms with van der Waals surface area (Å²) in [4.78, 5) is 12.2. The van der Waals surface area contributed by atoms with E-state index in [9.17, 15) is 18.0 Å². The van der Waals surface area contributed by atoms with Crippen LogP contribution in [0.25, 0.3) is 5.69 Å². The van der Waals surface area contributed by atoms with Gasteiger partial charge in [0.25, 0.3) is 0 Å². The molecule has 144 valence electrons. The van der Waals surface area contributed by atoms with Gasteiger partial charge in [-0.1, -0.05) is 18.2 Å². The number of nitrogens with one attached hydrogen (secondary N) is 1. The Morgan fingerprint density at radius 1 is 1.26 bits per heavy atom. The van der Waals surface area contributed by atoms with E-state index < -0.39 is 24.3 Å². The van der Waals surface area contributed by atoms with Crippen LogP contribution >= 0.6 is 0 Å². The molecule has 1 aromatic heterocycles. The molecule has 0 aliphatic heterocycles. The number of benzene rings is 1. The summed E-state index contributed by atoms with van der Waals surface area (Å²) in [5.41, 5.74) is 1.88. The summed E-state index contributed by atoms with van der Waals surface area (Å²) in [5.74, 6) is -2.62. The number of hydrogen-bond donors (Lipinski definition) is 1. The molecular formula is C19H20F3N3O2. The van der Waals surface area contributed by atoms with Crippen molar-refractivity contribution in [1.29, 1.82) is 0 Å². The fourth-order valence-corrected chi connectivity index (χ4v) is 3.53. The zero-order chi connectivity index (χ0) is 19.2. The summed E-state index contributed by atoms with van der Waals surface area (Å²) in [6, 6.07) is 9.10. The summed E-state index contributed by atoms with van der Waals surface area (Å²) in [6.45, 7) is 1.74. The van der Waals surface area contributed by atoms with Crippen LogP contribution in [0.15, 0.2) is 30.3 Å². The normalized spacial score (nSPS) is 24.0. The number of ether oxygens (including phenoxy) is 1. The SMILES string of the molecule is Cc1c(C2CC(F)(F)C2)nn(-c2ccccc2)c1NC(=O)OC1CC(F)C1. The van der Waals surface area contributed by atoms with Crippen molar-refractivity contribution in [2.75, 3.05) is 5.32 Å². The number of hydrogen-bond acceptors (Lipinski definition) is 3. The Labute approximate surface area is 154 Å². The molecule has 27 heavy (non-hydrogen) atoms. The number of halogens is 3. The first-order valence-corrected chi connectivity index (χ1v) is 8.97. The largest absolute Gasteiger partial charge is 0.446 e. The summed E-state index contributed by atoms with van der Waals surface area (Å²) in [6.07, 6.45) is -2.14. The Morgan fingerprint density at radius 3 is 2.52 bits per heavy atom. The average Bonchev–Trinajstić information content (AvgIpc) is 2.89. The Bertz CT molecular complexity index is 839. The lowest BCUT2D eigenvalue weighted by atomic mass is 9.78. The van der Waals surface area contributed by atoms with E-state index in [-0.39, 0.29) is 31.6 Å². The van der Waals surface area contributed by atoms with Gasteiger partial charge in [-0.15, -0.1) is 0 Å². The Hall–Kier alpha value is -2.51. The van der Waals surface area contributed by atoms with E-state index in [0.29, 0.717) is 22.8 Å². The van der Waals surface area contributed by atoms with Gasteiger partial charge in [-0.25, -0.2) is 22.6 Å². The second kappa shape index (κ2) is 6.58. The molecule has 2 fully saturated rings. The summed E-state index contributed by atoms with van der Waals surface area (Å²) < 4.78 is 46.3. The topological polar surface area (TPSA) is 56.2 Å². The molecule has 2 saturated carbocycles. The van der Waals surface area contributed by atoms with Crippen molar-refractivity contribution in [1.82, 2.24) is 9.78 Å². The van der Waals surface area contributed by atoms with Gasteiger partial charge in [-0.2, -0.15) is 5.10 Å². The molecule has 0 spiro atoms. The number of carbonyl (C=O) groups excluding carboxylic acids is 1. The molecule has 0 radical (unpaired) electrons. The standard InChI is InChI=1S/C19H20F3N3O2/c1-11-16(12-9-19(21,22)10-12)24-25(14-5-3-2-4-6-14)17(11)23-18(26)27-15-7-13(20)8-15/h2-6,12-13,15H,7-10H2,1H3,(H,23,26). The maximum Gasteiger partial charge on any atom is 0.413 e. The second-order valence-corrected chi connectivity index (χ2v) is 7.29. The minimum atomic E-state index is -2.66. The van der Waals surface area contributed by atoms with Gasteiger partial charge in [0.05, 0.1) is 11.4 Å². The van der Waals surface area contributed by atoms with Crippen molar-refractivity contribution in [2.45, 2.75) is 56.7 Å². The van der Waals surface area contributed by atoms with Crippen LogP contribution in [0.3, 0.4) is 0 Å². The van der Waals surface area contributed by atoms with Gasteiger partial charge in [0, 0.05) is 37.2 Å². The van der Waals surface area contributed by atoms with Crippen LogP contribution in [0.4, 0.5) is 23.8 Å². The van der Waals surface area contributed by atoms with E-state index in [4.69, 9.17) is 4.74 Å². The Balaban J connectivity index is 1.60. The number of rotatable bonds is 4. The van der Waals surface area contributed by atoms with Crippen molar-refractivity contribution in [2.24, 2.45) is 0 Å². The van der Waals surface area contributed by atoms with Crippen LogP contribution in [0.5, 0.6) is 0 Å². The minimum Gasteiger partial charge on any atom is -0.446 e. The lowest BCUT2D eigenvalue weighted by Gasteiger charge is -2.34. The molecule has 0 saturated heterocycles. The lowest BCUT2D eigenvalue weighted by molar-refractivity contribution is -0.0877. The maximum absolute atomic E-state index is 13.3. The first-order chi connectivity index (χ1) is 12.8. The highest BCUT2D eigenvalue weighted by atomic mass is 19.3. The monoisotopic (exact) mass is 379 g/mol. The molecule has 1 heterocycles. The average molecular weight is 379 g/mol. The van der Waals surface area contributed by atoms with Crippen molar-refractivity contribution in [3.8, 4) is 5.69 Å². The molecule has 2 aliphatic carbocycles. The molecule has 1 N–H and O–H groups in total. The van der Waals surface area contributed by atoms with Crippen LogP contribution < -0.4 is 5.32 Å². The summed E-state index contributed by atoms with van der Waals surface area (Å²) in [5, 5.41) is 7.16. The molecule has 2 aliphatic rings. The van der Waals surface area contributed by atoms with Crippen LogP contribution in [0.1, 0.15) is 42.9 Å². The van der Waals surface area contributed by atoms with Gasteiger partial charge in [-0.05, 0) is 19.1 Å². The number of alkyl halides is 3. The van der Waals surface area contributed by atoms with Crippen LogP contribution in [0, 0.1) is 6.92 Å². The summed E-state index contributed by atoms with van der Waals surface area (Å²) >= 11 is 0. The van der Waals surface area contributed by atoms with Crippen molar-refractivity contribution in [3.05, 3.63) is 41.6 Å². The lowest BCUT2D eigenvalue weighted by Crippen LogP contribution is -2.36. The van der Waals surface area contributed by atoms with Gasteiger partial charge in [0.2, 0.25) is 5.92 Å². The Kier molecular flexibility index (Phi) is 4.36. The molecule has 0 unspecified atom stereocenters. The molecule has 2 aromatic rings. The van der Waals surface area contributed by atoms with E-state index in [1.165, 1.54) is 4.68 Å². The maximum atomic E-state index is 13.3. The Morgan fingerprint density at radius 2 is 1.93 bits per heavy atom. The van der Waals surface area contributed by atoms with Gasteiger partial charge >= 0.3 is 6.09 Å². The highest BCUT2D eigenvalue weighted by Crippen LogP contribution is 2.49. The smallest absolute Gasteiger partial charge is 0.413 e. The van der Waals surface area contributed by atoms with Crippen LogP contribution in [0.2, 0.25) is 0 Å². The third-order valence-electron chi connectivity index (χ3n) is 5.17. The third-order valence-corrected chi connectivity index (χ3v) is 5.17. The second-order valence-electron chi connectivity index (χ2n) is 7.29. The van der Waals surface area contributed by atoms with Crippen molar-refractivity contribution in [3.63, 3.8) is 0 Å². The predicted molar refractivity (Wildman–Crippen MR) is 93.2 cm³/mol. The number of nitrogens with zero attached hydrogens (tertiary/aromatic N) is 2. The summed E-state index contributed by atoms with van der Waals surface area (Å²) in [7, 11) is 0. The third kappa shape index (κ3) is 3.52. The fourth-order valence-electron chi connectivity index (χ4n) is 3.53. The number of carbonyl (C=O) groups is 1. The zero-order valence-electron chi connectivity index (χ0n) is 14.8. The van der Waals surface area contributed by atoms with E-state index in [0.717, 1.165) is 0 Å². The molecule has 8 heteroatoms. The highest BCUT2D eigenvalue weighted by Gasteiger charge is 2.48. The molecule has 1 amide bonds. The van der Waals surface area contributed by atoms with E-state index in [2.05, 4.69) is 10.4 Å². The quantitative estimate of drug-likeness (QED) is 0.835. The minimum absolute atomic E-state index is 0.201. The molecular weight excluding hydrogens is 359 g/mol. The van der Waals surface area contributed by atoms with E-state index in [1.54, 1.807) is 6.92 Å². The molecule has 1 aromatic carbocycles. The number of anilines is 1. The number of aromatic nitrogens is 2. The first kappa shape index (κ1) is 17.9. The van der Waals surface area contributed by atoms with Crippen LogP contribution in [-0.4, -0.2) is 34.1 Å². The number of para-hydroxylation sites is 1. The van der Waals surface area contributed by atoms with Gasteiger partial charge in [0.15, 0.2) is 0 Å². The van der Waals surface area contributed by atoms with Gasteiger partial charge in [-0.3, -0.25) is 5.32 Å². The zero-order valence-corrected chi connectivity index (χ0v) is 14.8. The first-order valence-electron chi connectivity index (χ1n) is 8.97. The van der Waals surface area contributed by atoms with Crippen molar-refractivity contribution < 1.29 is 22.7 Å². The fraction of sp³-hybridized carbons (Fsp3) is 0.474. The highest BCUT2D eigenvalue weighted by molar-refractivity contribution is 5.85. The van der Waals surface area contributed by atoms with E-state index >= 15 is 0 Å².